The second-order valence-corrected chi connectivity index (χ2v) is 9.01. The van der Waals surface area contributed by atoms with Crippen LogP contribution < -0.4 is 5.32 Å². The van der Waals surface area contributed by atoms with E-state index in [2.05, 4.69) is 20.3 Å². The monoisotopic (exact) mass is 427 g/mol. The number of aliphatic carboxylic acids is 1. The van der Waals surface area contributed by atoms with E-state index in [1.165, 1.54) is 24.3 Å². The largest absolute Gasteiger partial charge is 0.479 e. The molecule has 0 saturated heterocycles. The van der Waals surface area contributed by atoms with Gasteiger partial charge in [-0.3, -0.25) is 10.1 Å². The maximum Gasteiger partial charge on any atom is 0.344 e. The van der Waals surface area contributed by atoms with E-state index in [0.29, 0.717) is 24.2 Å². The van der Waals surface area contributed by atoms with Crippen molar-refractivity contribution < 1.29 is 32.3 Å². The van der Waals surface area contributed by atoms with E-state index >= 15 is 0 Å². The van der Waals surface area contributed by atoms with E-state index < -0.39 is 33.5 Å². The first kappa shape index (κ1) is 19.9. The minimum absolute atomic E-state index is 0.0265. The van der Waals surface area contributed by atoms with Crippen LogP contribution in [0.2, 0.25) is 0 Å². The normalized spacial score (nSPS) is 14.5. The highest BCUT2D eigenvalue weighted by atomic mass is 32.2. The van der Waals surface area contributed by atoms with Crippen molar-refractivity contribution in [2.75, 3.05) is 11.9 Å². The molecule has 2 aromatic rings. The van der Waals surface area contributed by atoms with E-state index in [1.54, 1.807) is 0 Å². The lowest BCUT2D eigenvalue weighted by atomic mass is 10.1. The number of carboxylic acids is 1. The van der Waals surface area contributed by atoms with Crippen molar-refractivity contribution in [1.29, 1.82) is 0 Å². The van der Waals surface area contributed by atoms with Crippen LogP contribution in [0.5, 0.6) is 0 Å². The number of nitrogens with zero attached hydrogens (tertiary/aromatic N) is 2. The molecule has 2 N–H and O–H groups in total. The predicted octanol–water partition coefficient (Wildman–Crippen LogP) is 1.66. The number of hydrogen-bond acceptors (Lipinski definition) is 8. The zero-order chi connectivity index (χ0) is 20.3. The molecule has 1 aromatic heterocycles. The molecule has 148 valence electrons. The second kappa shape index (κ2) is 8.02. The SMILES string of the molecule is O=C(O)CON=C(C(=O)Nc1ncc(F)s1)c1ccc(S(=O)(=O)C2CC2)cc1. The first-order valence-electron chi connectivity index (χ1n) is 7.96. The van der Waals surface area contributed by atoms with Crippen LogP contribution in [0, 0.1) is 5.13 Å². The summed E-state index contributed by atoms with van der Waals surface area (Å²) in [6, 6.07) is 5.40. The molecule has 1 aliphatic rings. The van der Waals surface area contributed by atoms with Crippen molar-refractivity contribution in [3.05, 3.63) is 41.2 Å². The average Bonchev–Trinajstić information content (AvgIpc) is 3.43. The van der Waals surface area contributed by atoms with Crippen molar-refractivity contribution in [3.63, 3.8) is 0 Å². The zero-order valence-corrected chi connectivity index (χ0v) is 15.8. The Labute approximate surface area is 162 Å². The quantitative estimate of drug-likeness (QED) is 0.483. The molecule has 1 fully saturated rings. The lowest BCUT2D eigenvalue weighted by Crippen LogP contribution is -2.24. The van der Waals surface area contributed by atoms with Gasteiger partial charge in [0.2, 0.25) is 6.61 Å². The first-order chi connectivity index (χ1) is 13.3. The highest BCUT2D eigenvalue weighted by Crippen LogP contribution is 2.33. The van der Waals surface area contributed by atoms with Gasteiger partial charge in [0.1, 0.15) is 0 Å². The summed E-state index contributed by atoms with van der Waals surface area (Å²) in [7, 11) is -3.40. The van der Waals surface area contributed by atoms with Gasteiger partial charge in [0.25, 0.3) is 5.91 Å². The molecule has 0 atom stereocenters. The number of amides is 1. The van der Waals surface area contributed by atoms with Crippen LogP contribution in [-0.4, -0.2) is 48.0 Å². The van der Waals surface area contributed by atoms with Crippen molar-refractivity contribution in [3.8, 4) is 0 Å². The summed E-state index contributed by atoms with van der Waals surface area (Å²) in [4.78, 5) is 31.5. The molecular weight excluding hydrogens is 413 g/mol. The number of sulfone groups is 1. The number of anilines is 1. The molecule has 1 aromatic carbocycles. The van der Waals surface area contributed by atoms with Crippen LogP contribution in [0.3, 0.4) is 0 Å². The summed E-state index contributed by atoms with van der Waals surface area (Å²) in [5, 5.41) is 13.5. The van der Waals surface area contributed by atoms with Crippen LogP contribution in [0.25, 0.3) is 0 Å². The molecule has 0 radical (unpaired) electrons. The highest BCUT2D eigenvalue weighted by Gasteiger charge is 2.36. The van der Waals surface area contributed by atoms with Gasteiger partial charge in [0.05, 0.1) is 16.3 Å². The Morgan fingerprint density at radius 2 is 2.00 bits per heavy atom. The van der Waals surface area contributed by atoms with E-state index in [0.717, 1.165) is 6.20 Å². The molecule has 0 aliphatic heterocycles. The van der Waals surface area contributed by atoms with Gasteiger partial charge < -0.3 is 9.94 Å². The summed E-state index contributed by atoms with van der Waals surface area (Å²) >= 11 is 0.594. The van der Waals surface area contributed by atoms with Crippen LogP contribution in [-0.2, 0) is 24.3 Å². The maximum absolute atomic E-state index is 13.0. The third kappa shape index (κ3) is 4.70. The fourth-order valence-corrected chi connectivity index (χ4v) is 4.42. The maximum atomic E-state index is 13.0. The fraction of sp³-hybridized carbons (Fsp3) is 0.250. The third-order valence-electron chi connectivity index (χ3n) is 3.68. The number of hydrogen-bond donors (Lipinski definition) is 2. The molecule has 12 heteroatoms. The number of carbonyl (C=O) groups is 2. The minimum atomic E-state index is -3.40. The number of halogens is 1. The van der Waals surface area contributed by atoms with Crippen molar-refractivity contribution in [1.82, 2.24) is 4.98 Å². The van der Waals surface area contributed by atoms with Gasteiger partial charge in [0.15, 0.2) is 25.8 Å². The topological polar surface area (TPSA) is 135 Å². The number of oxime groups is 1. The van der Waals surface area contributed by atoms with Crippen molar-refractivity contribution in [2.45, 2.75) is 23.0 Å². The van der Waals surface area contributed by atoms with Crippen LogP contribution in [0.15, 0.2) is 40.5 Å². The Morgan fingerprint density at radius 3 is 2.54 bits per heavy atom. The van der Waals surface area contributed by atoms with E-state index in [9.17, 15) is 22.4 Å². The molecule has 1 aliphatic carbocycles. The van der Waals surface area contributed by atoms with Gasteiger partial charge in [-0.1, -0.05) is 28.6 Å². The Hall–Kier alpha value is -2.86. The number of carbonyl (C=O) groups excluding carboxylic acids is 1. The van der Waals surface area contributed by atoms with E-state index in [-0.39, 0.29) is 26.6 Å². The third-order valence-corrected chi connectivity index (χ3v) is 6.66. The van der Waals surface area contributed by atoms with Crippen LogP contribution in [0.4, 0.5) is 9.52 Å². The van der Waals surface area contributed by atoms with E-state index in [1.807, 2.05) is 0 Å². The van der Waals surface area contributed by atoms with Gasteiger partial charge in [0, 0.05) is 5.56 Å². The molecule has 1 saturated carbocycles. The Kier molecular flexibility index (Phi) is 5.70. The summed E-state index contributed by atoms with van der Waals surface area (Å²) in [5.74, 6) is -2.12. The summed E-state index contributed by atoms with van der Waals surface area (Å²) in [5.41, 5.74) is -0.123. The molecule has 0 spiro atoms. The number of nitrogens with one attached hydrogen (secondary N) is 1. The van der Waals surface area contributed by atoms with Crippen molar-refractivity contribution >= 4 is 43.9 Å². The first-order valence-corrected chi connectivity index (χ1v) is 10.3. The smallest absolute Gasteiger partial charge is 0.344 e. The van der Waals surface area contributed by atoms with Gasteiger partial charge in [-0.05, 0) is 25.0 Å². The Bertz CT molecular complexity index is 1030. The summed E-state index contributed by atoms with van der Waals surface area (Å²) in [6.07, 6.45) is 2.16. The number of rotatable bonds is 8. The lowest BCUT2D eigenvalue weighted by Gasteiger charge is -2.08. The van der Waals surface area contributed by atoms with Crippen LogP contribution in [0.1, 0.15) is 18.4 Å². The molecule has 3 rings (SSSR count). The van der Waals surface area contributed by atoms with Gasteiger partial charge in [-0.15, -0.1) is 0 Å². The highest BCUT2D eigenvalue weighted by molar-refractivity contribution is 7.92. The number of thiazole rings is 1. The lowest BCUT2D eigenvalue weighted by molar-refractivity contribution is -0.142. The summed E-state index contributed by atoms with van der Waals surface area (Å²) in [6.45, 7) is -0.781. The zero-order valence-electron chi connectivity index (χ0n) is 14.2. The average molecular weight is 427 g/mol. The molecule has 1 amide bonds. The molecule has 1 heterocycles. The molecule has 9 nitrogen and oxygen atoms in total. The van der Waals surface area contributed by atoms with Gasteiger partial charge >= 0.3 is 5.97 Å². The number of carboxylic acid groups (broad SMARTS) is 1. The minimum Gasteiger partial charge on any atom is -0.479 e. The van der Waals surface area contributed by atoms with Crippen molar-refractivity contribution in [2.24, 2.45) is 5.16 Å². The number of benzene rings is 1. The number of aromatic nitrogens is 1. The van der Waals surface area contributed by atoms with Crippen LogP contribution >= 0.6 is 11.3 Å². The molecule has 28 heavy (non-hydrogen) atoms. The molecule has 0 bridgehead atoms. The van der Waals surface area contributed by atoms with Gasteiger partial charge in [-0.2, -0.15) is 4.39 Å². The predicted molar refractivity (Wildman–Crippen MR) is 97.5 cm³/mol. The second-order valence-electron chi connectivity index (χ2n) is 5.80. The molecular formula is C16H14FN3O6S2. The summed E-state index contributed by atoms with van der Waals surface area (Å²) < 4.78 is 37.6. The van der Waals surface area contributed by atoms with Gasteiger partial charge in [-0.25, -0.2) is 18.2 Å². The standard InChI is InChI=1S/C16H14FN3O6S2/c17-12-7-18-16(27-12)19-15(23)14(20-26-8-13(21)22)9-1-3-10(4-2-9)28(24,25)11-5-6-11/h1-4,7,11H,5-6,8H2,(H,21,22)(H,18,19,23). The van der Waals surface area contributed by atoms with E-state index in [4.69, 9.17) is 5.11 Å². The Morgan fingerprint density at radius 1 is 1.32 bits per heavy atom. The Balaban J connectivity index is 1.85. The fourth-order valence-electron chi connectivity index (χ4n) is 2.22. The molecule has 0 unspecified atom stereocenters.